The lowest BCUT2D eigenvalue weighted by atomic mass is 9.91. The maximum absolute atomic E-state index is 12.8. The maximum Gasteiger partial charge on any atom is 0.314 e. The number of carboxylic acid groups (broad SMARTS) is 1. The van der Waals surface area contributed by atoms with E-state index in [-0.39, 0.29) is 11.0 Å². The van der Waals surface area contributed by atoms with E-state index in [0.717, 1.165) is 5.56 Å². The second-order valence-electron chi connectivity index (χ2n) is 7.34. The smallest absolute Gasteiger partial charge is 0.314 e. The van der Waals surface area contributed by atoms with Gasteiger partial charge in [-0.3, -0.25) is 9.59 Å². The van der Waals surface area contributed by atoms with Gasteiger partial charge in [0.05, 0.1) is 27.1 Å². The SMILES string of the molecule is CCC(C(=O)O[C@](CC(=O)[O-])(C[N+](C)(C)C)C(C)=O)c1ccccc1. The normalized spacial score (nSPS) is 15.1. The summed E-state index contributed by atoms with van der Waals surface area (Å²) < 4.78 is 5.84. The first-order valence-corrected chi connectivity index (χ1v) is 8.30. The standard InChI is InChI=1S/C19H27NO5/c1-6-16(15-10-8-7-9-11-15)18(24)25-19(14(2)21,12-17(22)23)13-20(3,4)5/h7-11,16H,6,12-13H2,1-5H3/t16?,19-/m1/s1. The van der Waals surface area contributed by atoms with Gasteiger partial charge in [0, 0.05) is 12.4 Å². The van der Waals surface area contributed by atoms with Crippen LogP contribution in [0.25, 0.3) is 0 Å². The molecule has 6 nitrogen and oxygen atoms in total. The number of nitrogens with zero attached hydrogens (tertiary/aromatic N) is 1. The van der Waals surface area contributed by atoms with E-state index in [4.69, 9.17) is 4.74 Å². The van der Waals surface area contributed by atoms with Gasteiger partial charge in [0.15, 0.2) is 5.78 Å². The lowest BCUT2D eigenvalue weighted by Crippen LogP contribution is -2.58. The summed E-state index contributed by atoms with van der Waals surface area (Å²) in [7, 11) is 5.40. The van der Waals surface area contributed by atoms with Gasteiger partial charge in [-0.25, -0.2) is 0 Å². The van der Waals surface area contributed by atoms with Crippen molar-refractivity contribution in [3.05, 3.63) is 35.9 Å². The molecule has 0 aliphatic carbocycles. The van der Waals surface area contributed by atoms with Crippen molar-refractivity contribution >= 4 is 17.7 Å². The number of rotatable bonds is 9. The van der Waals surface area contributed by atoms with E-state index < -0.39 is 35.7 Å². The third-order valence-electron chi connectivity index (χ3n) is 3.99. The van der Waals surface area contributed by atoms with Crippen molar-refractivity contribution in [2.75, 3.05) is 27.7 Å². The number of quaternary nitrogens is 1. The number of ketones is 1. The molecule has 1 aromatic carbocycles. The van der Waals surface area contributed by atoms with Gasteiger partial charge in [-0.2, -0.15) is 0 Å². The number of hydrogen-bond acceptors (Lipinski definition) is 5. The van der Waals surface area contributed by atoms with Crippen LogP contribution in [-0.2, 0) is 19.1 Å². The number of ether oxygens (including phenoxy) is 1. The zero-order chi connectivity index (χ0) is 19.3. The number of benzene rings is 1. The molecule has 2 atom stereocenters. The molecule has 0 bridgehead atoms. The Morgan fingerprint density at radius 3 is 2.12 bits per heavy atom. The van der Waals surface area contributed by atoms with Crippen molar-refractivity contribution in [3.8, 4) is 0 Å². The molecule has 0 spiro atoms. The largest absolute Gasteiger partial charge is 0.550 e. The molecule has 1 aromatic rings. The van der Waals surface area contributed by atoms with Crippen LogP contribution in [0.3, 0.4) is 0 Å². The van der Waals surface area contributed by atoms with Crippen LogP contribution in [-0.4, -0.2) is 55.5 Å². The first kappa shape index (κ1) is 20.8. The quantitative estimate of drug-likeness (QED) is 0.488. The average Bonchev–Trinajstić information content (AvgIpc) is 2.46. The molecular weight excluding hydrogens is 322 g/mol. The van der Waals surface area contributed by atoms with Gasteiger partial charge >= 0.3 is 5.97 Å². The van der Waals surface area contributed by atoms with Gasteiger partial charge in [-0.05, 0) is 18.9 Å². The summed E-state index contributed by atoms with van der Waals surface area (Å²) in [6.07, 6.45) is -0.179. The summed E-state index contributed by atoms with van der Waals surface area (Å²) in [5, 5.41) is 11.2. The van der Waals surface area contributed by atoms with E-state index in [1.54, 1.807) is 21.1 Å². The highest BCUT2D eigenvalue weighted by Gasteiger charge is 2.45. The Kier molecular flexibility index (Phi) is 6.87. The van der Waals surface area contributed by atoms with Crippen LogP contribution in [0, 0.1) is 0 Å². The molecule has 25 heavy (non-hydrogen) atoms. The first-order valence-electron chi connectivity index (χ1n) is 8.30. The van der Waals surface area contributed by atoms with Crippen LogP contribution in [0.4, 0.5) is 0 Å². The predicted octanol–water partition coefficient (Wildman–Crippen LogP) is 0.897. The van der Waals surface area contributed by atoms with Crippen LogP contribution < -0.4 is 5.11 Å². The van der Waals surface area contributed by atoms with E-state index in [2.05, 4.69) is 0 Å². The Hall–Kier alpha value is -2.21. The minimum Gasteiger partial charge on any atom is -0.550 e. The average molecular weight is 349 g/mol. The van der Waals surface area contributed by atoms with Crippen molar-refractivity contribution in [3.63, 3.8) is 0 Å². The summed E-state index contributed by atoms with van der Waals surface area (Å²) >= 11 is 0. The molecule has 0 radical (unpaired) electrons. The second-order valence-corrected chi connectivity index (χ2v) is 7.34. The van der Waals surface area contributed by atoms with Crippen LogP contribution in [0.2, 0.25) is 0 Å². The minimum atomic E-state index is -1.74. The zero-order valence-corrected chi connectivity index (χ0v) is 15.6. The van der Waals surface area contributed by atoms with Crippen molar-refractivity contribution in [1.82, 2.24) is 0 Å². The van der Waals surface area contributed by atoms with Gasteiger partial charge < -0.3 is 19.1 Å². The van der Waals surface area contributed by atoms with E-state index in [0.29, 0.717) is 6.42 Å². The minimum absolute atomic E-state index is 0.0489. The van der Waals surface area contributed by atoms with Crippen molar-refractivity contribution < 1.29 is 28.7 Å². The second kappa shape index (κ2) is 8.25. The number of likely N-dealkylation sites (N-methyl/N-ethyl adjacent to an activating group) is 1. The number of carbonyl (C=O) groups excluding carboxylic acids is 3. The van der Waals surface area contributed by atoms with Crippen LogP contribution in [0.15, 0.2) is 30.3 Å². The summed E-state index contributed by atoms with van der Waals surface area (Å²) in [4.78, 5) is 36.3. The maximum atomic E-state index is 12.8. The molecule has 138 valence electrons. The van der Waals surface area contributed by atoms with Gasteiger partial charge in [0.25, 0.3) is 0 Å². The van der Waals surface area contributed by atoms with Gasteiger partial charge in [-0.15, -0.1) is 0 Å². The molecule has 1 rings (SSSR count). The molecule has 0 aliphatic rings. The molecule has 0 N–H and O–H groups in total. The number of esters is 1. The number of hydrogen-bond donors (Lipinski definition) is 0. The lowest BCUT2D eigenvalue weighted by Gasteiger charge is -2.38. The highest BCUT2D eigenvalue weighted by atomic mass is 16.6. The highest BCUT2D eigenvalue weighted by molar-refractivity contribution is 5.92. The number of carboxylic acids is 1. The van der Waals surface area contributed by atoms with Crippen molar-refractivity contribution in [1.29, 1.82) is 0 Å². The number of aliphatic carboxylic acids is 1. The molecule has 0 aromatic heterocycles. The fourth-order valence-electron chi connectivity index (χ4n) is 2.92. The van der Waals surface area contributed by atoms with Gasteiger partial charge in [-0.1, -0.05) is 37.3 Å². The third kappa shape index (κ3) is 5.98. The molecule has 0 saturated heterocycles. The Labute approximate surface area is 149 Å². The van der Waals surface area contributed by atoms with Crippen LogP contribution >= 0.6 is 0 Å². The molecule has 0 aliphatic heterocycles. The zero-order valence-electron chi connectivity index (χ0n) is 15.6. The summed E-state index contributed by atoms with van der Waals surface area (Å²) in [5.74, 6) is -3.09. The van der Waals surface area contributed by atoms with Gasteiger partial charge in [0.1, 0.15) is 6.54 Å². The molecule has 0 heterocycles. The van der Waals surface area contributed by atoms with Gasteiger partial charge in [0.2, 0.25) is 5.60 Å². The Morgan fingerprint density at radius 2 is 1.72 bits per heavy atom. The molecule has 6 heteroatoms. The van der Waals surface area contributed by atoms with E-state index in [1.807, 2.05) is 37.3 Å². The number of carbonyl (C=O) groups is 3. The molecular formula is C19H27NO5. The van der Waals surface area contributed by atoms with Crippen molar-refractivity contribution in [2.45, 2.75) is 38.2 Å². The third-order valence-corrected chi connectivity index (χ3v) is 3.99. The monoisotopic (exact) mass is 349 g/mol. The Bertz CT molecular complexity index is 620. The summed E-state index contributed by atoms with van der Waals surface area (Å²) in [5.41, 5.74) is -0.970. The van der Waals surface area contributed by atoms with E-state index in [1.165, 1.54) is 6.92 Å². The fourth-order valence-corrected chi connectivity index (χ4v) is 2.92. The first-order chi connectivity index (χ1) is 11.5. The predicted molar refractivity (Wildman–Crippen MR) is 91.5 cm³/mol. The topological polar surface area (TPSA) is 83.5 Å². The van der Waals surface area contributed by atoms with Crippen LogP contribution in [0.1, 0.15) is 38.2 Å². The molecule has 1 unspecified atom stereocenters. The van der Waals surface area contributed by atoms with Crippen molar-refractivity contribution in [2.24, 2.45) is 0 Å². The summed E-state index contributed by atoms with van der Waals surface area (Å²) in [6, 6.07) is 9.09. The van der Waals surface area contributed by atoms with E-state index in [9.17, 15) is 19.5 Å². The Balaban J connectivity index is 3.20. The molecule has 0 amide bonds. The van der Waals surface area contributed by atoms with E-state index >= 15 is 0 Å². The highest BCUT2D eigenvalue weighted by Crippen LogP contribution is 2.27. The summed E-state index contributed by atoms with van der Waals surface area (Å²) in [6.45, 7) is 3.13. The lowest BCUT2D eigenvalue weighted by molar-refractivity contribution is -0.875. The molecule has 0 fully saturated rings. The Morgan fingerprint density at radius 1 is 1.16 bits per heavy atom. The number of Topliss-reactive ketones (excluding diaryl/α,β-unsaturated/α-hetero) is 1. The van der Waals surface area contributed by atoms with Crippen LogP contribution in [0.5, 0.6) is 0 Å². The fraction of sp³-hybridized carbons (Fsp3) is 0.526. The molecule has 0 saturated carbocycles.